The average molecular weight is 473 g/mol. The molecule has 1 amide bonds. The van der Waals surface area contributed by atoms with E-state index in [4.69, 9.17) is 0 Å². The van der Waals surface area contributed by atoms with Crippen LogP contribution >= 0.6 is 15.9 Å². The van der Waals surface area contributed by atoms with Crippen LogP contribution in [0.5, 0.6) is 0 Å². The number of amides is 1. The molecule has 3 aromatic carbocycles. The predicted octanol–water partition coefficient (Wildman–Crippen LogP) is 4.70. The summed E-state index contributed by atoms with van der Waals surface area (Å²) in [7, 11) is -3.79. The van der Waals surface area contributed by atoms with Gasteiger partial charge in [-0.3, -0.25) is 14.3 Å². The Morgan fingerprint density at radius 3 is 2.07 bits per heavy atom. The summed E-state index contributed by atoms with van der Waals surface area (Å²) in [6, 6.07) is 19.0. The zero-order chi connectivity index (χ0) is 21.0. The van der Waals surface area contributed by atoms with Crippen LogP contribution in [0.4, 0.5) is 11.4 Å². The lowest BCUT2D eigenvalue weighted by molar-refractivity contribution is 0.101. The molecule has 3 aromatic rings. The maximum absolute atomic E-state index is 12.5. The van der Waals surface area contributed by atoms with E-state index < -0.39 is 15.9 Å². The lowest BCUT2D eigenvalue weighted by Crippen LogP contribution is -2.15. The number of nitrogens with one attached hydrogen (secondary N) is 2. The summed E-state index contributed by atoms with van der Waals surface area (Å²) in [6.07, 6.45) is 0. The van der Waals surface area contributed by atoms with Crippen molar-refractivity contribution < 1.29 is 18.0 Å². The van der Waals surface area contributed by atoms with E-state index in [0.717, 1.165) is 4.47 Å². The van der Waals surface area contributed by atoms with E-state index in [0.29, 0.717) is 11.3 Å². The van der Waals surface area contributed by atoms with Crippen LogP contribution in [0, 0.1) is 0 Å². The number of Topliss-reactive ketones (excluding diaryl/α,β-unsaturated/α-hetero) is 1. The number of benzene rings is 3. The van der Waals surface area contributed by atoms with Crippen LogP contribution in [0.2, 0.25) is 0 Å². The van der Waals surface area contributed by atoms with E-state index in [-0.39, 0.29) is 21.9 Å². The van der Waals surface area contributed by atoms with Crippen molar-refractivity contribution in [2.45, 2.75) is 11.8 Å². The molecule has 0 heterocycles. The summed E-state index contributed by atoms with van der Waals surface area (Å²) in [4.78, 5) is 24.1. The standard InChI is InChI=1S/C21H17BrN2O4S/c1-14(25)15-4-2-6-18(12-15)23-21(26)16-5-3-7-19(13-16)24-29(27,28)20-10-8-17(22)9-11-20/h2-13,24H,1H3,(H,23,26). The molecule has 0 fully saturated rings. The molecule has 0 radical (unpaired) electrons. The van der Waals surface area contributed by atoms with Crippen LogP contribution < -0.4 is 10.0 Å². The summed E-state index contributed by atoms with van der Waals surface area (Å²) in [5, 5.41) is 2.71. The van der Waals surface area contributed by atoms with Crippen LogP contribution in [-0.4, -0.2) is 20.1 Å². The van der Waals surface area contributed by atoms with Crippen molar-refractivity contribution in [3.8, 4) is 0 Å². The van der Waals surface area contributed by atoms with Gasteiger partial charge in [0.05, 0.1) is 4.90 Å². The Kier molecular flexibility index (Phi) is 6.14. The van der Waals surface area contributed by atoms with Crippen LogP contribution in [-0.2, 0) is 10.0 Å². The summed E-state index contributed by atoms with van der Waals surface area (Å²) in [5.41, 5.74) is 1.50. The molecule has 0 bridgehead atoms. The largest absolute Gasteiger partial charge is 0.322 e. The van der Waals surface area contributed by atoms with Crippen molar-refractivity contribution in [3.05, 3.63) is 88.4 Å². The Hall–Kier alpha value is -2.97. The number of carbonyl (C=O) groups is 2. The Balaban J connectivity index is 1.78. The van der Waals surface area contributed by atoms with E-state index in [1.165, 1.54) is 25.1 Å². The first kappa shape index (κ1) is 20.8. The molecule has 0 unspecified atom stereocenters. The van der Waals surface area contributed by atoms with Crippen molar-refractivity contribution in [1.29, 1.82) is 0 Å². The highest BCUT2D eigenvalue weighted by Gasteiger charge is 2.15. The SMILES string of the molecule is CC(=O)c1cccc(NC(=O)c2cccc(NS(=O)(=O)c3ccc(Br)cc3)c2)c1. The van der Waals surface area contributed by atoms with Gasteiger partial charge in [0.1, 0.15) is 0 Å². The maximum Gasteiger partial charge on any atom is 0.261 e. The van der Waals surface area contributed by atoms with Gasteiger partial charge in [-0.1, -0.05) is 34.1 Å². The summed E-state index contributed by atoms with van der Waals surface area (Å²) in [5.74, 6) is -0.527. The monoisotopic (exact) mass is 472 g/mol. The van der Waals surface area contributed by atoms with Gasteiger partial charge < -0.3 is 5.32 Å². The molecular formula is C21H17BrN2O4S. The van der Waals surface area contributed by atoms with Crippen molar-refractivity contribution >= 4 is 49.0 Å². The third kappa shape index (κ3) is 5.30. The van der Waals surface area contributed by atoms with Crippen molar-refractivity contribution in [2.75, 3.05) is 10.0 Å². The van der Waals surface area contributed by atoms with Crippen molar-refractivity contribution in [2.24, 2.45) is 0 Å². The molecule has 0 aromatic heterocycles. The number of anilines is 2. The van der Waals surface area contributed by atoms with E-state index in [1.807, 2.05) is 0 Å². The van der Waals surface area contributed by atoms with Crippen LogP contribution in [0.25, 0.3) is 0 Å². The lowest BCUT2D eigenvalue weighted by atomic mass is 10.1. The first-order valence-corrected chi connectivity index (χ1v) is 10.8. The smallest absolute Gasteiger partial charge is 0.261 e. The number of hydrogen-bond donors (Lipinski definition) is 2. The Morgan fingerprint density at radius 2 is 1.41 bits per heavy atom. The van der Waals surface area contributed by atoms with E-state index in [9.17, 15) is 18.0 Å². The van der Waals surface area contributed by atoms with Gasteiger partial charge in [-0.15, -0.1) is 0 Å². The lowest BCUT2D eigenvalue weighted by Gasteiger charge is -2.10. The first-order chi connectivity index (χ1) is 13.7. The number of hydrogen-bond acceptors (Lipinski definition) is 4. The second kappa shape index (κ2) is 8.59. The fourth-order valence-electron chi connectivity index (χ4n) is 2.57. The normalized spacial score (nSPS) is 11.0. The average Bonchev–Trinajstić information content (AvgIpc) is 2.68. The van der Waals surface area contributed by atoms with Gasteiger partial charge in [0, 0.05) is 27.0 Å². The Labute approximate surface area is 177 Å². The topological polar surface area (TPSA) is 92.3 Å². The molecule has 3 rings (SSSR count). The molecule has 0 saturated carbocycles. The molecule has 6 nitrogen and oxygen atoms in total. The van der Waals surface area contributed by atoms with Crippen LogP contribution in [0.15, 0.2) is 82.2 Å². The molecule has 0 aliphatic rings. The van der Waals surface area contributed by atoms with Gasteiger partial charge in [-0.2, -0.15) is 0 Å². The van der Waals surface area contributed by atoms with Crippen molar-refractivity contribution in [1.82, 2.24) is 0 Å². The van der Waals surface area contributed by atoms with E-state index in [2.05, 4.69) is 26.0 Å². The molecule has 0 aliphatic carbocycles. The zero-order valence-corrected chi connectivity index (χ0v) is 17.7. The van der Waals surface area contributed by atoms with Gasteiger partial charge in [-0.25, -0.2) is 8.42 Å². The third-order valence-corrected chi connectivity index (χ3v) is 5.95. The van der Waals surface area contributed by atoms with Gasteiger partial charge in [-0.05, 0) is 61.5 Å². The van der Waals surface area contributed by atoms with E-state index >= 15 is 0 Å². The molecule has 0 saturated heterocycles. The molecule has 2 N–H and O–H groups in total. The van der Waals surface area contributed by atoms with Gasteiger partial charge in [0.2, 0.25) is 0 Å². The minimum absolute atomic E-state index is 0.106. The minimum Gasteiger partial charge on any atom is -0.322 e. The van der Waals surface area contributed by atoms with Gasteiger partial charge in [0.15, 0.2) is 5.78 Å². The van der Waals surface area contributed by atoms with Gasteiger partial charge >= 0.3 is 0 Å². The fourth-order valence-corrected chi connectivity index (χ4v) is 3.88. The highest BCUT2D eigenvalue weighted by atomic mass is 79.9. The number of sulfonamides is 1. The Morgan fingerprint density at radius 1 is 0.828 bits per heavy atom. The maximum atomic E-state index is 12.5. The second-order valence-electron chi connectivity index (χ2n) is 6.23. The summed E-state index contributed by atoms with van der Waals surface area (Å²) in [6.45, 7) is 1.45. The second-order valence-corrected chi connectivity index (χ2v) is 8.83. The van der Waals surface area contributed by atoms with Crippen molar-refractivity contribution in [3.63, 3.8) is 0 Å². The van der Waals surface area contributed by atoms with Crippen LogP contribution in [0.1, 0.15) is 27.6 Å². The predicted molar refractivity (Wildman–Crippen MR) is 116 cm³/mol. The third-order valence-electron chi connectivity index (χ3n) is 4.03. The van der Waals surface area contributed by atoms with Gasteiger partial charge in [0.25, 0.3) is 15.9 Å². The molecule has 0 aliphatic heterocycles. The van der Waals surface area contributed by atoms with E-state index in [1.54, 1.807) is 54.6 Å². The first-order valence-electron chi connectivity index (χ1n) is 8.55. The molecule has 148 valence electrons. The van der Waals surface area contributed by atoms with Crippen LogP contribution in [0.3, 0.4) is 0 Å². The summed E-state index contributed by atoms with van der Waals surface area (Å²) >= 11 is 3.27. The minimum atomic E-state index is -3.79. The highest BCUT2D eigenvalue weighted by molar-refractivity contribution is 9.10. The molecule has 0 atom stereocenters. The highest BCUT2D eigenvalue weighted by Crippen LogP contribution is 2.20. The quantitative estimate of drug-likeness (QED) is 0.508. The molecule has 0 spiro atoms. The number of rotatable bonds is 6. The fraction of sp³-hybridized carbons (Fsp3) is 0.0476. The summed E-state index contributed by atoms with van der Waals surface area (Å²) < 4.78 is 28.3. The molecule has 8 heteroatoms. The molecular weight excluding hydrogens is 456 g/mol. The Bertz CT molecular complexity index is 1180. The molecule has 29 heavy (non-hydrogen) atoms. The number of carbonyl (C=O) groups excluding carboxylic acids is 2. The number of ketones is 1. The number of halogens is 1. The zero-order valence-electron chi connectivity index (χ0n) is 15.3.